The maximum Gasteiger partial charge on any atom is 0.209 e. The second-order valence-corrected chi connectivity index (χ2v) is 8.20. The number of sulfone groups is 1. The zero-order valence-electron chi connectivity index (χ0n) is 12.8. The van der Waals surface area contributed by atoms with Crippen LogP contribution in [0.2, 0.25) is 0 Å². The Morgan fingerprint density at radius 2 is 1.96 bits per heavy atom. The first-order valence-corrected chi connectivity index (χ1v) is 9.98. The lowest BCUT2D eigenvalue weighted by atomic mass is 10.4. The number of hydrogen-bond acceptors (Lipinski definition) is 7. The summed E-state index contributed by atoms with van der Waals surface area (Å²) < 4.78 is 31.3. The van der Waals surface area contributed by atoms with Crippen molar-refractivity contribution in [1.29, 1.82) is 0 Å². The van der Waals surface area contributed by atoms with E-state index in [-0.39, 0.29) is 5.75 Å². The van der Waals surface area contributed by atoms with Gasteiger partial charge in [-0.3, -0.25) is 0 Å². The lowest BCUT2D eigenvalue weighted by Crippen LogP contribution is -2.08. The average Bonchev–Trinajstić information content (AvgIpc) is 3.25. The number of furan rings is 1. The van der Waals surface area contributed by atoms with Gasteiger partial charge in [-0.15, -0.1) is 5.10 Å². The number of aromatic nitrogens is 4. The van der Waals surface area contributed by atoms with E-state index in [4.69, 9.17) is 4.42 Å². The topological polar surface area (TPSA) is 90.9 Å². The number of thioether (sulfide) groups is 1. The van der Waals surface area contributed by atoms with Crippen molar-refractivity contribution in [3.63, 3.8) is 0 Å². The molecule has 7 nitrogen and oxygen atoms in total. The Balaban J connectivity index is 1.52. The Kier molecular flexibility index (Phi) is 5.31. The summed E-state index contributed by atoms with van der Waals surface area (Å²) in [5, 5.41) is 12.2. The van der Waals surface area contributed by atoms with E-state index < -0.39 is 9.84 Å². The Labute approximate surface area is 144 Å². The van der Waals surface area contributed by atoms with Crippen molar-refractivity contribution < 1.29 is 12.8 Å². The summed E-state index contributed by atoms with van der Waals surface area (Å²) in [7, 11) is -3.24. The highest BCUT2D eigenvalue weighted by Gasteiger charge is 2.14. The van der Waals surface area contributed by atoms with Crippen molar-refractivity contribution in [3.8, 4) is 0 Å². The van der Waals surface area contributed by atoms with Crippen molar-refractivity contribution in [1.82, 2.24) is 20.2 Å². The third-order valence-corrected chi connectivity index (χ3v) is 6.14. The molecule has 24 heavy (non-hydrogen) atoms. The maximum atomic E-state index is 12.2. The van der Waals surface area contributed by atoms with Gasteiger partial charge in [0.25, 0.3) is 0 Å². The molecule has 0 unspecified atom stereocenters. The van der Waals surface area contributed by atoms with E-state index in [1.807, 2.05) is 6.07 Å². The number of benzene rings is 1. The molecule has 0 amide bonds. The molecule has 0 aliphatic carbocycles. The van der Waals surface area contributed by atoms with Gasteiger partial charge in [0, 0.05) is 5.75 Å². The Hall–Kier alpha value is -2.13. The molecule has 0 saturated carbocycles. The van der Waals surface area contributed by atoms with Gasteiger partial charge in [0.15, 0.2) is 9.84 Å². The zero-order valence-corrected chi connectivity index (χ0v) is 14.4. The van der Waals surface area contributed by atoms with Crippen LogP contribution in [0.25, 0.3) is 0 Å². The summed E-state index contributed by atoms with van der Waals surface area (Å²) in [6, 6.07) is 12.1. The van der Waals surface area contributed by atoms with Crippen LogP contribution in [0.3, 0.4) is 0 Å². The molecule has 0 aliphatic heterocycles. The highest BCUT2D eigenvalue weighted by atomic mass is 32.2. The van der Waals surface area contributed by atoms with Crippen molar-refractivity contribution in [2.75, 3.05) is 11.5 Å². The van der Waals surface area contributed by atoms with E-state index in [2.05, 4.69) is 15.5 Å². The summed E-state index contributed by atoms with van der Waals surface area (Å²) in [4.78, 5) is 0.359. The fourth-order valence-corrected chi connectivity index (χ4v) is 4.44. The van der Waals surface area contributed by atoms with Gasteiger partial charge < -0.3 is 4.42 Å². The summed E-state index contributed by atoms with van der Waals surface area (Å²) in [6.07, 6.45) is 2.12. The minimum Gasteiger partial charge on any atom is -0.467 e. The van der Waals surface area contributed by atoms with E-state index in [0.717, 1.165) is 5.76 Å². The van der Waals surface area contributed by atoms with Crippen LogP contribution in [0.15, 0.2) is 63.2 Å². The van der Waals surface area contributed by atoms with Crippen LogP contribution in [0.5, 0.6) is 0 Å². The molecule has 126 valence electrons. The fourth-order valence-electron chi connectivity index (χ4n) is 2.11. The molecular formula is C15H16N4O3S2. The highest BCUT2D eigenvalue weighted by molar-refractivity contribution is 7.99. The molecule has 0 bridgehead atoms. The molecule has 1 aromatic carbocycles. The van der Waals surface area contributed by atoms with Gasteiger partial charge in [-0.1, -0.05) is 30.0 Å². The van der Waals surface area contributed by atoms with E-state index in [0.29, 0.717) is 28.8 Å². The van der Waals surface area contributed by atoms with Crippen LogP contribution in [0.4, 0.5) is 0 Å². The molecule has 3 rings (SSSR count). The Bertz CT molecular complexity index is 861. The fraction of sp³-hybridized carbons (Fsp3) is 0.267. The standard InChI is InChI=1S/C15H16N4O3S2/c20-24(21,14-7-2-1-3-8-14)11-5-10-23-15-16-17-18-19(15)12-13-6-4-9-22-13/h1-4,6-9H,5,10-12H2. The van der Waals surface area contributed by atoms with E-state index in [1.54, 1.807) is 47.3 Å². The molecule has 2 heterocycles. The SMILES string of the molecule is O=S(=O)(CCCSc1nnnn1Cc1ccco1)c1ccccc1. The monoisotopic (exact) mass is 364 g/mol. The molecular weight excluding hydrogens is 348 g/mol. The molecule has 9 heteroatoms. The number of tetrazole rings is 1. The van der Waals surface area contributed by atoms with Crippen LogP contribution in [0.1, 0.15) is 12.2 Å². The van der Waals surface area contributed by atoms with E-state index >= 15 is 0 Å². The third kappa shape index (κ3) is 4.24. The van der Waals surface area contributed by atoms with E-state index in [9.17, 15) is 8.42 Å². The summed E-state index contributed by atoms with van der Waals surface area (Å²) in [5.41, 5.74) is 0. The van der Waals surface area contributed by atoms with Gasteiger partial charge in [-0.2, -0.15) is 0 Å². The summed E-state index contributed by atoms with van der Waals surface area (Å²) in [6.45, 7) is 0.449. The van der Waals surface area contributed by atoms with Crippen LogP contribution in [-0.4, -0.2) is 40.1 Å². The summed E-state index contributed by atoms with van der Waals surface area (Å²) in [5.74, 6) is 1.48. The smallest absolute Gasteiger partial charge is 0.209 e. The van der Waals surface area contributed by atoms with Crippen LogP contribution in [-0.2, 0) is 16.4 Å². The molecule has 3 aromatic rings. The van der Waals surface area contributed by atoms with Crippen LogP contribution < -0.4 is 0 Å². The second kappa shape index (κ2) is 7.63. The maximum absolute atomic E-state index is 12.2. The van der Waals surface area contributed by atoms with Crippen molar-refractivity contribution in [2.24, 2.45) is 0 Å². The Morgan fingerprint density at radius 1 is 1.12 bits per heavy atom. The zero-order chi connectivity index (χ0) is 16.8. The molecule has 0 N–H and O–H groups in total. The lowest BCUT2D eigenvalue weighted by Gasteiger charge is -2.04. The van der Waals surface area contributed by atoms with Gasteiger partial charge in [-0.05, 0) is 41.1 Å². The van der Waals surface area contributed by atoms with Crippen LogP contribution in [0, 0.1) is 0 Å². The molecule has 0 saturated heterocycles. The molecule has 0 atom stereocenters. The normalized spacial score (nSPS) is 11.7. The van der Waals surface area contributed by atoms with Crippen molar-refractivity contribution in [2.45, 2.75) is 23.0 Å². The molecule has 2 aromatic heterocycles. The van der Waals surface area contributed by atoms with Gasteiger partial charge in [-0.25, -0.2) is 13.1 Å². The van der Waals surface area contributed by atoms with Gasteiger partial charge in [0.1, 0.15) is 12.3 Å². The predicted octanol–water partition coefficient (Wildman–Crippen LogP) is 2.27. The van der Waals surface area contributed by atoms with Crippen molar-refractivity contribution in [3.05, 3.63) is 54.5 Å². The predicted molar refractivity (Wildman–Crippen MR) is 89.5 cm³/mol. The molecule has 0 aliphatic rings. The number of nitrogens with zero attached hydrogens (tertiary/aromatic N) is 4. The molecule has 0 fully saturated rings. The van der Waals surface area contributed by atoms with Gasteiger partial charge in [0.2, 0.25) is 5.16 Å². The Morgan fingerprint density at radius 3 is 2.71 bits per heavy atom. The first-order chi connectivity index (χ1) is 11.6. The number of hydrogen-bond donors (Lipinski definition) is 0. The number of rotatable bonds is 8. The van der Waals surface area contributed by atoms with E-state index in [1.165, 1.54) is 11.8 Å². The minimum atomic E-state index is -3.24. The average molecular weight is 364 g/mol. The van der Waals surface area contributed by atoms with Crippen LogP contribution >= 0.6 is 11.8 Å². The van der Waals surface area contributed by atoms with Gasteiger partial charge >= 0.3 is 0 Å². The first kappa shape index (κ1) is 16.7. The largest absolute Gasteiger partial charge is 0.467 e. The summed E-state index contributed by atoms with van der Waals surface area (Å²) >= 11 is 1.43. The third-order valence-electron chi connectivity index (χ3n) is 3.28. The first-order valence-electron chi connectivity index (χ1n) is 7.34. The van der Waals surface area contributed by atoms with Crippen molar-refractivity contribution >= 4 is 21.6 Å². The second-order valence-electron chi connectivity index (χ2n) is 5.03. The molecule has 0 spiro atoms. The van der Waals surface area contributed by atoms with Gasteiger partial charge in [0.05, 0.1) is 16.9 Å². The lowest BCUT2D eigenvalue weighted by molar-refractivity contribution is 0.462. The molecule has 0 radical (unpaired) electrons. The minimum absolute atomic E-state index is 0.101. The highest BCUT2D eigenvalue weighted by Crippen LogP contribution is 2.18. The quantitative estimate of drug-likeness (QED) is 0.447.